The zero-order chi connectivity index (χ0) is 14.5. The van der Waals surface area contributed by atoms with Crippen molar-refractivity contribution in [2.24, 2.45) is 0 Å². The van der Waals surface area contributed by atoms with Crippen LogP contribution in [0.2, 0.25) is 0 Å². The van der Waals surface area contributed by atoms with Gasteiger partial charge in [-0.2, -0.15) is 0 Å². The zero-order valence-corrected chi connectivity index (χ0v) is 11.6. The highest BCUT2D eigenvalue weighted by Crippen LogP contribution is 2.24. The molecule has 1 aromatic heterocycles. The molecule has 0 saturated carbocycles. The van der Waals surface area contributed by atoms with E-state index in [1.165, 1.54) is 0 Å². The van der Waals surface area contributed by atoms with E-state index in [0.29, 0.717) is 13.0 Å². The molecule has 106 valence electrons. The molecule has 0 bridgehead atoms. The summed E-state index contributed by atoms with van der Waals surface area (Å²) in [5.41, 5.74) is 1.83. The predicted molar refractivity (Wildman–Crippen MR) is 83.3 cm³/mol. The molecule has 0 aliphatic rings. The molecule has 3 aromatic rings. The van der Waals surface area contributed by atoms with Gasteiger partial charge < -0.3 is 9.84 Å². The lowest BCUT2D eigenvalue weighted by atomic mass is 10.1. The van der Waals surface area contributed by atoms with Crippen LogP contribution >= 0.6 is 0 Å². The van der Waals surface area contributed by atoms with Gasteiger partial charge in [-0.15, -0.1) is 0 Å². The predicted octanol–water partition coefficient (Wildman–Crippen LogP) is 3.74. The summed E-state index contributed by atoms with van der Waals surface area (Å²) >= 11 is 0. The van der Waals surface area contributed by atoms with Gasteiger partial charge in [0.1, 0.15) is 5.75 Å². The lowest BCUT2D eigenvalue weighted by Crippen LogP contribution is -2.05. The molecule has 0 aliphatic heterocycles. The number of fused-ring (bicyclic) bond motifs is 1. The van der Waals surface area contributed by atoms with Gasteiger partial charge in [0.05, 0.1) is 18.2 Å². The maximum absolute atomic E-state index is 10.1. The smallest absolute Gasteiger partial charge is 0.128 e. The van der Waals surface area contributed by atoms with Crippen molar-refractivity contribution < 1.29 is 9.84 Å². The number of hydrogen-bond donors (Lipinski definition) is 1. The van der Waals surface area contributed by atoms with Crippen molar-refractivity contribution in [1.82, 2.24) is 4.98 Å². The Kier molecular flexibility index (Phi) is 4.12. The van der Waals surface area contributed by atoms with Crippen LogP contribution in [-0.2, 0) is 0 Å². The van der Waals surface area contributed by atoms with Crippen LogP contribution in [0.3, 0.4) is 0 Å². The van der Waals surface area contributed by atoms with E-state index in [2.05, 4.69) is 4.98 Å². The second-order valence-corrected chi connectivity index (χ2v) is 4.89. The summed E-state index contributed by atoms with van der Waals surface area (Å²) in [5.74, 6) is 0.806. The average molecular weight is 279 g/mol. The van der Waals surface area contributed by atoms with Crippen molar-refractivity contribution >= 4 is 10.9 Å². The summed E-state index contributed by atoms with van der Waals surface area (Å²) in [4.78, 5) is 4.30. The summed E-state index contributed by atoms with van der Waals surface area (Å²) in [7, 11) is 0. The molecule has 3 nitrogen and oxygen atoms in total. The molecule has 0 radical (unpaired) electrons. The van der Waals surface area contributed by atoms with Gasteiger partial charge in [-0.1, -0.05) is 36.4 Å². The Labute approximate surface area is 123 Å². The van der Waals surface area contributed by atoms with Crippen LogP contribution in [0.15, 0.2) is 66.9 Å². The number of nitrogens with zero attached hydrogens (tertiary/aromatic N) is 1. The maximum atomic E-state index is 10.1. The van der Waals surface area contributed by atoms with E-state index in [1.54, 1.807) is 6.20 Å². The molecule has 3 rings (SSSR count). The van der Waals surface area contributed by atoms with Crippen molar-refractivity contribution in [2.75, 3.05) is 6.61 Å². The number of pyridine rings is 1. The van der Waals surface area contributed by atoms with E-state index in [-0.39, 0.29) is 0 Å². The van der Waals surface area contributed by atoms with E-state index in [0.717, 1.165) is 22.2 Å². The third-order valence-corrected chi connectivity index (χ3v) is 3.44. The molecule has 21 heavy (non-hydrogen) atoms. The van der Waals surface area contributed by atoms with Gasteiger partial charge in [-0.3, -0.25) is 4.98 Å². The largest absolute Gasteiger partial charge is 0.493 e. The standard InChI is InChI=1S/C18H17NO2/c20-17(14-6-2-1-3-7-14)11-13-21-18-10-4-9-16-15(18)8-5-12-19-16/h1-10,12,17,20H,11,13H2. The molecule has 1 unspecified atom stereocenters. The SMILES string of the molecule is OC(CCOc1cccc2ncccc12)c1ccccc1. The number of rotatable bonds is 5. The Bertz CT molecular complexity index is 707. The Morgan fingerprint density at radius 2 is 1.81 bits per heavy atom. The van der Waals surface area contributed by atoms with Gasteiger partial charge in [0.2, 0.25) is 0 Å². The minimum Gasteiger partial charge on any atom is -0.493 e. The van der Waals surface area contributed by atoms with Gasteiger partial charge in [-0.25, -0.2) is 0 Å². The zero-order valence-electron chi connectivity index (χ0n) is 11.6. The first kappa shape index (κ1) is 13.6. The van der Waals surface area contributed by atoms with Gasteiger partial charge in [0.25, 0.3) is 0 Å². The van der Waals surface area contributed by atoms with E-state index in [1.807, 2.05) is 60.7 Å². The number of aliphatic hydroxyl groups is 1. The first-order chi connectivity index (χ1) is 10.3. The van der Waals surface area contributed by atoms with E-state index in [4.69, 9.17) is 4.74 Å². The van der Waals surface area contributed by atoms with E-state index >= 15 is 0 Å². The minimum absolute atomic E-state index is 0.462. The quantitative estimate of drug-likeness (QED) is 0.773. The van der Waals surface area contributed by atoms with Gasteiger partial charge in [0.15, 0.2) is 0 Å². The molecule has 1 N–H and O–H groups in total. The Morgan fingerprint density at radius 1 is 0.952 bits per heavy atom. The Hall–Kier alpha value is -2.39. The number of benzene rings is 2. The summed E-state index contributed by atoms with van der Waals surface area (Å²) in [5, 5.41) is 11.1. The molecule has 0 saturated heterocycles. The summed E-state index contributed by atoms with van der Waals surface area (Å²) in [6.45, 7) is 0.462. The second kappa shape index (κ2) is 6.37. The fourth-order valence-corrected chi connectivity index (χ4v) is 2.32. The molecule has 0 amide bonds. The molecular formula is C18H17NO2. The highest BCUT2D eigenvalue weighted by atomic mass is 16.5. The number of aromatic nitrogens is 1. The maximum Gasteiger partial charge on any atom is 0.128 e. The van der Waals surface area contributed by atoms with Crippen molar-refractivity contribution in [3.8, 4) is 5.75 Å². The molecule has 1 heterocycles. The summed E-state index contributed by atoms with van der Waals surface area (Å²) in [6.07, 6.45) is 1.82. The van der Waals surface area contributed by atoms with E-state index in [9.17, 15) is 5.11 Å². The number of ether oxygens (including phenoxy) is 1. The summed E-state index contributed by atoms with van der Waals surface area (Å²) in [6, 6.07) is 19.3. The molecular weight excluding hydrogens is 262 g/mol. The van der Waals surface area contributed by atoms with Crippen LogP contribution in [0.1, 0.15) is 18.1 Å². The number of aliphatic hydroxyl groups excluding tert-OH is 1. The van der Waals surface area contributed by atoms with Crippen molar-refractivity contribution in [3.05, 3.63) is 72.4 Å². The second-order valence-electron chi connectivity index (χ2n) is 4.89. The lowest BCUT2D eigenvalue weighted by molar-refractivity contribution is 0.141. The average Bonchev–Trinajstić information content (AvgIpc) is 2.56. The summed E-state index contributed by atoms with van der Waals surface area (Å²) < 4.78 is 5.81. The molecule has 1 atom stereocenters. The van der Waals surface area contributed by atoms with Gasteiger partial charge >= 0.3 is 0 Å². The van der Waals surface area contributed by atoms with Crippen LogP contribution in [0.4, 0.5) is 0 Å². The first-order valence-electron chi connectivity index (χ1n) is 7.04. The molecule has 2 aromatic carbocycles. The Balaban J connectivity index is 1.65. The van der Waals surface area contributed by atoms with Gasteiger partial charge in [-0.05, 0) is 29.8 Å². The monoisotopic (exact) mass is 279 g/mol. The number of hydrogen-bond acceptors (Lipinski definition) is 3. The third kappa shape index (κ3) is 3.20. The lowest BCUT2D eigenvalue weighted by Gasteiger charge is -2.13. The first-order valence-corrected chi connectivity index (χ1v) is 7.04. The van der Waals surface area contributed by atoms with Crippen molar-refractivity contribution in [3.63, 3.8) is 0 Å². The van der Waals surface area contributed by atoms with Crippen LogP contribution in [0.5, 0.6) is 5.75 Å². The van der Waals surface area contributed by atoms with Crippen molar-refractivity contribution in [2.45, 2.75) is 12.5 Å². The van der Waals surface area contributed by atoms with Crippen LogP contribution < -0.4 is 4.74 Å². The molecule has 3 heteroatoms. The van der Waals surface area contributed by atoms with Crippen LogP contribution in [0, 0.1) is 0 Å². The van der Waals surface area contributed by atoms with Crippen LogP contribution in [-0.4, -0.2) is 16.7 Å². The Morgan fingerprint density at radius 3 is 2.67 bits per heavy atom. The van der Waals surface area contributed by atoms with Crippen LogP contribution in [0.25, 0.3) is 10.9 Å². The minimum atomic E-state index is -0.501. The third-order valence-electron chi connectivity index (χ3n) is 3.44. The molecule has 0 aliphatic carbocycles. The molecule has 0 fully saturated rings. The highest BCUT2D eigenvalue weighted by Gasteiger charge is 2.08. The van der Waals surface area contributed by atoms with Crippen molar-refractivity contribution in [1.29, 1.82) is 0 Å². The fraction of sp³-hybridized carbons (Fsp3) is 0.167. The topological polar surface area (TPSA) is 42.4 Å². The molecule has 0 spiro atoms. The highest BCUT2D eigenvalue weighted by molar-refractivity contribution is 5.84. The van der Waals surface area contributed by atoms with E-state index < -0.39 is 6.10 Å². The normalized spacial score (nSPS) is 12.2. The van der Waals surface area contributed by atoms with Gasteiger partial charge in [0, 0.05) is 18.0 Å². The fourth-order valence-electron chi connectivity index (χ4n) is 2.32.